The zero-order valence-electron chi connectivity index (χ0n) is 6.86. The van der Waals surface area contributed by atoms with Crippen molar-refractivity contribution in [2.75, 3.05) is 13.2 Å². The summed E-state index contributed by atoms with van der Waals surface area (Å²) in [5.41, 5.74) is 0. The standard InChI is InChI=1S/C8H16O3/c1-6(9)8(10)7-2-4-11-5-3-7/h6-10H,2-5H2,1H3/t6-,8?/m0/s1. The van der Waals surface area contributed by atoms with E-state index >= 15 is 0 Å². The van der Waals surface area contributed by atoms with E-state index in [0.717, 1.165) is 12.8 Å². The van der Waals surface area contributed by atoms with Crippen LogP contribution >= 0.6 is 0 Å². The van der Waals surface area contributed by atoms with Gasteiger partial charge in [0.25, 0.3) is 0 Å². The second-order valence-corrected chi connectivity index (χ2v) is 3.18. The number of aliphatic hydroxyl groups excluding tert-OH is 2. The maximum Gasteiger partial charge on any atom is 0.0826 e. The van der Waals surface area contributed by atoms with Gasteiger partial charge in [-0.15, -0.1) is 0 Å². The molecule has 1 aliphatic rings. The van der Waals surface area contributed by atoms with Crippen LogP contribution in [-0.2, 0) is 4.74 Å². The molecule has 66 valence electrons. The molecule has 1 rings (SSSR count). The van der Waals surface area contributed by atoms with Crippen molar-refractivity contribution in [1.82, 2.24) is 0 Å². The van der Waals surface area contributed by atoms with E-state index in [1.54, 1.807) is 6.92 Å². The number of ether oxygens (including phenoxy) is 1. The molecular formula is C8H16O3. The first-order valence-electron chi connectivity index (χ1n) is 4.15. The summed E-state index contributed by atoms with van der Waals surface area (Å²) in [6.07, 6.45) is 0.551. The van der Waals surface area contributed by atoms with Gasteiger partial charge in [0.15, 0.2) is 0 Å². The molecule has 1 saturated heterocycles. The molecule has 2 atom stereocenters. The smallest absolute Gasteiger partial charge is 0.0826 e. The van der Waals surface area contributed by atoms with E-state index in [4.69, 9.17) is 9.84 Å². The second kappa shape index (κ2) is 4.04. The number of aliphatic hydroxyl groups is 2. The summed E-state index contributed by atoms with van der Waals surface area (Å²) < 4.78 is 5.14. The van der Waals surface area contributed by atoms with Gasteiger partial charge in [-0.25, -0.2) is 0 Å². The van der Waals surface area contributed by atoms with E-state index < -0.39 is 12.2 Å². The summed E-state index contributed by atoms with van der Waals surface area (Å²) in [5, 5.41) is 18.5. The lowest BCUT2D eigenvalue weighted by molar-refractivity contribution is -0.0462. The Labute approximate surface area is 67.0 Å². The zero-order chi connectivity index (χ0) is 8.27. The Morgan fingerprint density at radius 1 is 1.27 bits per heavy atom. The lowest BCUT2D eigenvalue weighted by Crippen LogP contribution is -2.34. The van der Waals surface area contributed by atoms with Gasteiger partial charge in [-0.3, -0.25) is 0 Å². The summed E-state index contributed by atoms with van der Waals surface area (Å²) in [7, 11) is 0. The fourth-order valence-electron chi connectivity index (χ4n) is 1.45. The predicted octanol–water partition coefficient (Wildman–Crippen LogP) is 0.155. The first kappa shape index (κ1) is 8.97. The maximum absolute atomic E-state index is 9.45. The molecular weight excluding hydrogens is 144 g/mol. The Balaban J connectivity index is 2.32. The molecule has 0 aliphatic carbocycles. The first-order valence-corrected chi connectivity index (χ1v) is 4.15. The Morgan fingerprint density at radius 2 is 1.82 bits per heavy atom. The maximum atomic E-state index is 9.45. The zero-order valence-corrected chi connectivity index (χ0v) is 6.86. The largest absolute Gasteiger partial charge is 0.391 e. The van der Waals surface area contributed by atoms with Crippen molar-refractivity contribution in [3.05, 3.63) is 0 Å². The van der Waals surface area contributed by atoms with Crippen LogP contribution in [0.25, 0.3) is 0 Å². The minimum Gasteiger partial charge on any atom is -0.391 e. The van der Waals surface area contributed by atoms with E-state index in [9.17, 15) is 5.11 Å². The van der Waals surface area contributed by atoms with Crippen LogP contribution in [0.1, 0.15) is 19.8 Å². The third-order valence-corrected chi connectivity index (χ3v) is 2.24. The van der Waals surface area contributed by atoms with E-state index in [0.29, 0.717) is 13.2 Å². The molecule has 1 fully saturated rings. The highest BCUT2D eigenvalue weighted by atomic mass is 16.5. The molecule has 1 unspecified atom stereocenters. The third kappa shape index (κ3) is 2.43. The van der Waals surface area contributed by atoms with Crippen LogP contribution in [-0.4, -0.2) is 35.6 Å². The summed E-state index contributed by atoms with van der Waals surface area (Å²) >= 11 is 0. The lowest BCUT2D eigenvalue weighted by atomic mass is 9.91. The van der Waals surface area contributed by atoms with Crippen molar-refractivity contribution in [3.8, 4) is 0 Å². The van der Waals surface area contributed by atoms with E-state index in [-0.39, 0.29) is 5.92 Å². The summed E-state index contributed by atoms with van der Waals surface area (Å²) in [4.78, 5) is 0. The minimum atomic E-state index is -0.613. The third-order valence-electron chi connectivity index (χ3n) is 2.24. The van der Waals surface area contributed by atoms with Gasteiger partial charge in [0.1, 0.15) is 0 Å². The molecule has 11 heavy (non-hydrogen) atoms. The van der Waals surface area contributed by atoms with Gasteiger partial charge in [-0.1, -0.05) is 0 Å². The van der Waals surface area contributed by atoms with E-state index in [1.165, 1.54) is 0 Å². The quantitative estimate of drug-likeness (QED) is 0.604. The second-order valence-electron chi connectivity index (χ2n) is 3.18. The van der Waals surface area contributed by atoms with Crippen LogP contribution in [0, 0.1) is 5.92 Å². The predicted molar refractivity (Wildman–Crippen MR) is 41.2 cm³/mol. The average molecular weight is 160 g/mol. The van der Waals surface area contributed by atoms with Crippen LogP contribution in [0.5, 0.6) is 0 Å². The molecule has 0 aromatic heterocycles. The lowest BCUT2D eigenvalue weighted by Gasteiger charge is -2.28. The van der Waals surface area contributed by atoms with Crippen molar-refractivity contribution < 1.29 is 14.9 Å². The van der Waals surface area contributed by atoms with Crippen molar-refractivity contribution in [2.45, 2.75) is 32.0 Å². The molecule has 0 aromatic carbocycles. The van der Waals surface area contributed by atoms with E-state index in [2.05, 4.69) is 0 Å². The van der Waals surface area contributed by atoms with Gasteiger partial charge in [0.2, 0.25) is 0 Å². The van der Waals surface area contributed by atoms with Gasteiger partial charge in [0, 0.05) is 13.2 Å². The molecule has 0 bridgehead atoms. The van der Waals surface area contributed by atoms with Gasteiger partial charge < -0.3 is 14.9 Å². The summed E-state index contributed by atoms with van der Waals surface area (Å²) in [6, 6.07) is 0. The normalized spacial score (nSPS) is 26.5. The van der Waals surface area contributed by atoms with Crippen LogP contribution in [0.4, 0.5) is 0 Å². The molecule has 0 spiro atoms. The molecule has 0 amide bonds. The Hall–Kier alpha value is -0.120. The van der Waals surface area contributed by atoms with Gasteiger partial charge in [-0.2, -0.15) is 0 Å². The van der Waals surface area contributed by atoms with Crippen LogP contribution < -0.4 is 0 Å². The molecule has 3 nitrogen and oxygen atoms in total. The van der Waals surface area contributed by atoms with Crippen LogP contribution in [0.3, 0.4) is 0 Å². The monoisotopic (exact) mass is 160 g/mol. The van der Waals surface area contributed by atoms with Gasteiger partial charge in [-0.05, 0) is 25.7 Å². The Kier molecular flexibility index (Phi) is 3.30. The average Bonchev–Trinajstić information content (AvgIpc) is 2.05. The number of hydrogen-bond acceptors (Lipinski definition) is 3. The summed E-state index contributed by atoms with van der Waals surface area (Å²) in [5.74, 6) is 0.226. The Bertz CT molecular complexity index is 108. The molecule has 0 aromatic rings. The SMILES string of the molecule is C[C@H](O)C(O)C1CCOCC1. The topological polar surface area (TPSA) is 49.7 Å². The van der Waals surface area contributed by atoms with Crippen molar-refractivity contribution >= 4 is 0 Å². The molecule has 0 radical (unpaired) electrons. The van der Waals surface area contributed by atoms with Gasteiger partial charge >= 0.3 is 0 Å². The molecule has 3 heteroatoms. The Morgan fingerprint density at radius 3 is 2.27 bits per heavy atom. The van der Waals surface area contributed by atoms with Crippen molar-refractivity contribution in [2.24, 2.45) is 5.92 Å². The van der Waals surface area contributed by atoms with Crippen LogP contribution in [0.15, 0.2) is 0 Å². The highest BCUT2D eigenvalue weighted by molar-refractivity contribution is 4.75. The van der Waals surface area contributed by atoms with Gasteiger partial charge in [0.05, 0.1) is 12.2 Å². The molecule has 1 aliphatic heterocycles. The fraction of sp³-hybridized carbons (Fsp3) is 1.00. The highest BCUT2D eigenvalue weighted by Crippen LogP contribution is 2.20. The first-order chi connectivity index (χ1) is 5.22. The summed E-state index contributed by atoms with van der Waals surface area (Å²) in [6.45, 7) is 3.06. The highest BCUT2D eigenvalue weighted by Gasteiger charge is 2.25. The molecule has 2 N–H and O–H groups in total. The van der Waals surface area contributed by atoms with Crippen molar-refractivity contribution in [1.29, 1.82) is 0 Å². The van der Waals surface area contributed by atoms with E-state index in [1.807, 2.05) is 0 Å². The van der Waals surface area contributed by atoms with Crippen LogP contribution in [0.2, 0.25) is 0 Å². The molecule has 0 saturated carbocycles. The number of rotatable bonds is 2. The fourth-order valence-corrected chi connectivity index (χ4v) is 1.45. The number of hydrogen-bond donors (Lipinski definition) is 2. The minimum absolute atomic E-state index is 0.226. The van der Waals surface area contributed by atoms with Crippen molar-refractivity contribution in [3.63, 3.8) is 0 Å². The molecule has 1 heterocycles.